The molecular weight excluding hydrogens is 288 g/mol. The van der Waals surface area contributed by atoms with Crippen molar-refractivity contribution < 1.29 is 9.15 Å². The molecule has 0 unspecified atom stereocenters. The molecule has 0 aliphatic rings. The Morgan fingerprint density at radius 3 is 2.70 bits per heavy atom. The molecule has 0 saturated carbocycles. The van der Waals surface area contributed by atoms with E-state index in [0.717, 1.165) is 22.4 Å². The van der Waals surface area contributed by atoms with Gasteiger partial charge in [-0.3, -0.25) is 0 Å². The molecule has 114 valence electrons. The number of benzene rings is 2. The second kappa shape index (κ2) is 6.77. The standard InChI is InChI=1S/C19H16N2O2/c1-14(15-6-4-3-5-7-15)11-21-16-8-9-17(18(10-16)22-2)19-12-20-13-23-19/h3-10,12-13H,1-2H3. The fourth-order valence-electron chi connectivity index (χ4n) is 2.20. The molecule has 0 saturated heterocycles. The van der Waals surface area contributed by atoms with Crippen molar-refractivity contribution in [2.45, 2.75) is 6.92 Å². The number of nitrogens with zero attached hydrogens (tertiary/aromatic N) is 2. The Labute approximate surface area is 134 Å². The minimum atomic E-state index is 0.661. The fourth-order valence-corrected chi connectivity index (χ4v) is 2.20. The largest absolute Gasteiger partial charge is 0.496 e. The molecule has 3 rings (SSSR count). The molecule has 4 heteroatoms. The lowest BCUT2D eigenvalue weighted by Gasteiger charge is -2.06. The van der Waals surface area contributed by atoms with Crippen molar-refractivity contribution in [3.8, 4) is 17.1 Å². The quantitative estimate of drug-likeness (QED) is 0.653. The van der Waals surface area contributed by atoms with Crippen LogP contribution in [0.3, 0.4) is 0 Å². The van der Waals surface area contributed by atoms with E-state index in [0.29, 0.717) is 11.5 Å². The number of hydrogen-bond donors (Lipinski definition) is 0. The van der Waals surface area contributed by atoms with Gasteiger partial charge in [-0.25, -0.2) is 9.98 Å². The van der Waals surface area contributed by atoms with Crippen LogP contribution in [0.2, 0.25) is 0 Å². The average Bonchev–Trinajstić information content (AvgIpc) is 3.14. The van der Waals surface area contributed by atoms with Crippen LogP contribution in [0.1, 0.15) is 12.5 Å². The number of ether oxygens (including phenoxy) is 1. The molecule has 0 amide bonds. The van der Waals surface area contributed by atoms with E-state index in [-0.39, 0.29) is 0 Å². The summed E-state index contributed by atoms with van der Waals surface area (Å²) in [4.78, 5) is 8.33. The van der Waals surface area contributed by atoms with Crippen LogP contribution in [0.5, 0.6) is 5.75 Å². The van der Waals surface area contributed by atoms with Crippen molar-refractivity contribution >= 4 is 17.1 Å². The van der Waals surface area contributed by atoms with Crippen LogP contribution < -0.4 is 4.74 Å². The number of aromatic nitrogens is 1. The van der Waals surface area contributed by atoms with E-state index in [1.807, 2.05) is 55.5 Å². The van der Waals surface area contributed by atoms with Gasteiger partial charge >= 0.3 is 0 Å². The Balaban J connectivity index is 1.94. The summed E-state index contributed by atoms with van der Waals surface area (Å²) in [7, 11) is 1.62. The summed E-state index contributed by atoms with van der Waals surface area (Å²) in [6.07, 6.45) is 3.05. The molecule has 0 N–H and O–H groups in total. The lowest BCUT2D eigenvalue weighted by atomic mass is 10.1. The molecule has 0 atom stereocenters. The SMILES string of the molecule is COc1cc(N=C=C(C)c2ccccc2)ccc1-c1cnco1. The minimum absolute atomic E-state index is 0.661. The first-order chi connectivity index (χ1) is 11.3. The maximum atomic E-state index is 5.42. The summed E-state index contributed by atoms with van der Waals surface area (Å²) >= 11 is 0. The molecule has 0 aliphatic heterocycles. The monoisotopic (exact) mass is 304 g/mol. The zero-order valence-electron chi connectivity index (χ0n) is 13.0. The minimum Gasteiger partial charge on any atom is -0.496 e. The van der Waals surface area contributed by atoms with Crippen LogP contribution in [-0.2, 0) is 0 Å². The Hall–Kier alpha value is -3.10. The van der Waals surface area contributed by atoms with Gasteiger partial charge in [0.15, 0.2) is 12.2 Å². The summed E-state index contributed by atoms with van der Waals surface area (Å²) in [6.45, 7) is 1.99. The smallest absolute Gasteiger partial charge is 0.181 e. The Bertz CT molecular complexity index is 846. The third kappa shape index (κ3) is 3.39. The molecule has 0 aliphatic carbocycles. The first-order valence-electron chi connectivity index (χ1n) is 7.20. The molecule has 0 radical (unpaired) electrons. The van der Waals surface area contributed by atoms with Gasteiger partial charge in [0.1, 0.15) is 5.75 Å². The second-order valence-corrected chi connectivity index (χ2v) is 4.96. The summed E-state index contributed by atoms with van der Waals surface area (Å²) in [5.41, 5.74) is 3.68. The molecule has 23 heavy (non-hydrogen) atoms. The van der Waals surface area contributed by atoms with E-state index in [9.17, 15) is 0 Å². The normalized spacial score (nSPS) is 10.0. The maximum absolute atomic E-state index is 5.42. The predicted octanol–water partition coefficient (Wildman–Crippen LogP) is 4.75. The lowest BCUT2D eigenvalue weighted by Crippen LogP contribution is -1.86. The number of rotatable bonds is 4. The third-order valence-electron chi connectivity index (χ3n) is 3.44. The third-order valence-corrected chi connectivity index (χ3v) is 3.44. The predicted molar refractivity (Wildman–Crippen MR) is 91.1 cm³/mol. The molecule has 1 aromatic heterocycles. The van der Waals surface area contributed by atoms with Gasteiger partial charge in [0.2, 0.25) is 0 Å². The number of aliphatic imine (C=N–C) groups is 1. The van der Waals surface area contributed by atoms with Gasteiger partial charge in [-0.05, 0) is 30.5 Å². The van der Waals surface area contributed by atoms with Gasteiger partial charge in [0, 0.05) is 11.6 Å². The van der Waals surface area contributed by atoms with E-state index < -0.39 is 0 Å². The van der Waals surface area contributed by atoms with Crippen molar-refractivity contribution in [1.82, 2.24) is 4.98 Å². The Morgan fingerprint density at radius 2 is 2.00 bits per heavy atom. The van der Waals surface area contributed by atoms with Crippen molar-refractivity contribution in [3.05, 3.63) is 66.7 Å². The summed E-state index contributed by atoms with van der Waals surface area (Å²) in [5, 5.41) is 0. The molecule has 0 spiro atoms. The zero-order valence-corrected chi connectivity index (χ0v) is 13.0. The van der Waals surface area contributed by atoms with Crippen LogP contribution in [0.15, 0.2) is 70.5 Å². The Morgan fingerprint density at radius 1 is 1.17 bits per heavy atom. The molecule has 4 nitrogen and oxygen atoms in total. The number of oxazole rings is 1. The highest BCUT2D eigenvalue weighted by Gasteiger charge is 2.09. The first kappa shape index (κ1) is 14.8. The highest BCUT2D eigenvalue weighted by atomic mass is 16.5. The van der Waals surface area contributed by atoms with Gasteiger partial charge in [-0.2, -0.15) is 0 Å². The topological polar surface area (TPSA) is 47.6 Å². The zero-order chi connectivity index (χ0) is 16.1. The van der Waals surface area contributed by atoms with Gasteiger partial charge in [-0.15, -0.1) is 0 Å². The Kier molecular flexibility index (Phi) is 4.37. The lowest BCUT2D eigenvalue weighted by molar-refractivity contribution is 0.415. The van der Waals surface area contributed by atoms with Crippen LogP contribution >= 0.6 is 0 Å². The van der Waals surface area contributed by atoms with Crippen LogP contribution in [-0.4, -0.2) is 18.0 Å². The number of allylic oxidation sites excluding steroid dienone is 1. The average molecular weight is 304 g/mol. The molecule has 0 bridgehead atoms. The molecule has 1 heterocycles. The van der Waals surface area contributed by atoms with Crippen molar-refractivity contribution in [2.24, 2.45) is 4.99 Å². The van der Waals surface area contributed by atoms with Crippen LogP contribution in [0.25, 0.3) is 16.9 Å². The van der Waals surface area contributed by atoms with Gasteiger partial charge in [0.05, 0.1) is 24.6 Å². The highest BCUT2D eigenvalue weighted by Crippen LogP contribution is 2.33. The van der Waals surface area contributed by atoms with Crippen LogP contribution in [0.4, 0.5) is 5.69 Å². The summed E-state index contributed by atoms with van der Waals surface area (Å²) < 4.78 is 10.7. The van der Waals surface area contributed by atoms with Crippen LogP contribution in [0, 0.1) is 0 Å². The van der Waals surface area contributed by atoms with Gasteiger partial charge < -0.3 is 9.15 Å². The maximum Gasteiger partial charge on any atom is 0.181 e. The molecule has 2 aromatic carbocycles. The second-order valence-electron chi connectivity index (χ2n) is 4.96. The van der Waals surface area contributed by atoms with Crippen molar-refractivity contribution in [3.63, 3.8) is 0 Å². The molecular formula is C19H16N2O2. The van der Waals surface area contributed by atoms with E-state index in [1.54, 1.807) is 13.3 Å². The molecule has 3 aromatic rings. The highest BCUT2D eigenvalue weighted by molar-refractivity contribution is 5.89. The molecule has 0 fully saturated rings. The van der Waals surface area contributed by atoms with E-state index in [2.05, 4.69) is 15.8 Å². The summed E-state index contributed by atoms with van der Waals surface area (Å²) in [5.74, 6) is 4.41. The van der Waals surface area contributed by atoms with E-state index in [4.69, 9.17) is 9.15 Å². The van der Waals surface area contributed by atoms with Gasteiger partial charge in [-0.1, -0.05) is 30.3 Å². The van der Waals surface area contributed by atoms with Gasteiger partial charge in [0.25, 0.3) is 0 Å². The number of methoxy groups -OCH3 is 1. The van der Waals surface area contributed by atoms with Crippen molar-refractivity contribution in [1.29, 1.82) is 0 Å². The number of hydrogen-bond acceptors (Lipinski definition) is 4. The van der Waals surface area contributed by atoms with E-state index >= 15 is 0 Å². The van der Waals surface area contributed by atoms with E-state index in [1.165, 1.54) is 6.39 Å². The van der Waals surface area contributed by atoms with Crippen molar-refractivity contribution in [2.75, 3.05) is 7.11 Å². The first-order valence-corrected chi connectivity index (χ1v) is 7.20. The fraction of sp³-hybridized carbons (Fsp3) is 0.105. The summed E-state index contributed by atoms with van der Waals surface area (Å²) in [6, 6.07) is 15.7.